The predicted molar refractivity (Wildman–Crippen MR) is 112 cm³/mol. The van der Waals surface area contributed by atoms with Gasteiger partial charge in [-0.3, -0.25) is 9.59 Å². The van der Waals surface area contributed by atoms with E-state index in [0.717, 1.165) is 6.07 Å². The number of aromatic hydroxyl groups is 7. The van der Waals surface area contributed by atoms with Crippen molar-refractivity contribution in [2.45, 2.75) is 0 Å². The lowest BCUT2D eigenvalue weighted by atomic mass is 10.0. The summed E-state index contributed by atoms with van der Waals surface area (Å²) in [6.07, 6.45) is 0. The number of hydrogen-bond donors (Lipinski definition) is 8. The van der Waals surface area contributed by atoms with Crippen molar-refractivity contribution >= 4 is 38.7 Å². The fourth-order valence-electron chi connectivity index (χ4n) is 3.74. The summed E-state index contributed by atoms with van der Waals surface area (Å²) in [4.78, 5) is 36.8. The van der Waals surface area contributed by atoms with Crippen molar-refractivity contribution < 1.29 is 59.2 Å². The smallest absolute Gasteiger partial charge is 0.339 e. The summed E-state index contributed by atoms with van der Waals surface area (Å²) in [7, 11) is 0. The highest BCUT2D eigenvalue weighted by Gasteiger charge is 2.32. The predicted octanol–water partition coefficient (Wildman–Crippen LogP) is 1.92. The number of carbonyl (C=O) groups is 1. The lowest BCUT2D eigenvalue weighted by molar-refractivity contribution is 0.0692. The third kappa shape index (κ3) is 2.67. The van der Waals surface area contributed by atoms with Gasteiger partial charge in [-0.05, 0) is 6.07 Å². The summed E-state index contributed by atoms with van der Waals surface area (Å²) >= 11 is 0. The molecule has 14 nitrogen and oxygen atoms in total. The van der Waals surface area contributed by atoms with Crippen LogP contribution in [0.15, 0.2) is 30.6 Å². The Bertz CT molecular complexity index is 1860. The summed E-state index contributed by atoms with van der Waals surface area (Å²) in [5.74, 6) is -11.7. The summed E-state index contributed by atoms with van der Waals surface area (Å²) in [5.41, 5.74) is -4.93. The Labute approximate surface area is 188 Å². The second-order valence-electron chi connectivity index (χ2n) is 7.25. The maximum atomic E-state index is 12.8. The van der Waals surface area contributed by atoms with E-state index in [9.17, 15) is 55.2 Å². The highest BCUT2D eigenvalue weighted by Crippen LogP contribution is 2.52. The molecule has 0 aliphatic rings. The summed E-state index contributed by atoms with van der Waals surface area (Å²) in [6.45, 7) is 0. The SMILES string of the molecule is O=C(O)c1cc(O)c(O)c(O)c1Oc1c(O)c(=O)c2oc(O)c3cc(O)c(=O)c4oc(O)c1c2c34. The van der Waals surface area contributed by atoms with E-state index < -0.39 is 96.5 Å². The summed E-state index contributed by atoms with van der Waals surface area (Å²) in [6, 6.07) is 1.29. The Hall–Kier alpha value is -5.53. The lowest BCUT2D eigenvalue weighted by Crippen LogP contribution is -2.08. The summed E-state index contributed by atoms with van der Waals surface area (Å²) in [5, 5.41) is 78.3. The normalized spacial score (nSPS) is 11.5. The first kappa shape index (κ1) is 21.3. The maximum absolute atomic E-state index is 12.8. The van der Waals surface area contributed by atoms with Gasteiger partial charge in [-0.15, -0.1) is 0 Å². The molecule has 0 saturated carbocycles. The van der Waals surface area contributed by atoms with Gasteiger partial charge in [0.2, 0.25) is 17.2 Å². The lowest BCUT2D eigenvalue weighted by Gasteiger charge is -2.17. The second-order valence-corrected chi connectivity index (χ2v) is 7.25. The van der Waals surface area contributed by atoms with Crippen molar-refractivity contribution in [3.8, 4) is 52.1 Å². The number of phenolic OH excluding ortho intramolecular Hbond substituents is 5. The Morgan fingerprint density at radius 2 is 1.31 bits per heavy atom. The van der Waals surface area contributed by atoms with Crippen molar-refractivity contribution in [3.05, 3.63) is 38.1 Å². The van der Waals surface area contributed by atoms with Gasteiger partial charge in [0.15, 0.2) is 34.2 Å². The number of hydrogen-bond acceptors (Lipinski definition) is 13. The number of ether oxygens (including phenoxy) is 1. The first-order valence-corrected chi connectivity index (χ1v) is 9.28. The van der Waals surface area contributed by atoms with Crippen molar-refractivity contribution in [3.63, 3.8) is 0 Å². The monoisotopic (exact) mass is 486 g/mol. The molecule has 0 amide bonds. The van der Waals surface area contributed by atoms with Crippen LogP contribution in [-0.2, 0) is 0 Å². The fraction of sp³-hybridized carbons (Fsp3) is 0. The minimum atomic E-state index is -1.77. The van der Waals surface area contributed by atoms with Gasteiger partial charge in [0.1, 0.15) is 10.9 Å². The first-order chi connectivity index (χ1) is 16.4. The van der Waals surface area contributed by atoms with Crippen molar-refractivity contribution in [2.24, 2.45) is 0 Å². The average Bonchev–Trinajstić information content (AvgIpc) is 2.80. The van der Waals surface area contributed by atoms with Gasteiger partial charge in [-0.25, -0.2) is 4.79 Å². The molecule has 0 spiro atoms. The molecule has 14 heteroatoms. The van der Waals surface area contributed by atoms with Crippen LogP contribution in [0.5, 0.6) is 52.1 Å². The van der Waals surface area contributed by atoms with Gasteiger partial charge < -0.3 is 54.4 Å². The molecular weight excluding hydrogens is 476 g/mol. The molecular formula is C21H10O14. The number of benzene rings is 3. The molecule has 0 unspecified atom stereocenters. The van der Waals surface area contributed by atoms with E-state index >= 15 is 0 Å². The fourth-order valence-corrected chi connectivity index (χ4v) is 3.74. The highest BCUT2D eigenvalue weighted by atomic mass is 16.5. The van der Waals surface area contributed by atoms with E-state index in [1.807, 2.05) is 0 Å². The zero-order valence-corrected chi connectivity index (χ0v) is 16.7. The quantitative estimate of drug-likeness (QED) is 0.134. The maximum Gasteiger partial charge on any atom is 0.339 e. The Morgan fingerprint density at radius 1 is 0.686 bits per heavy atom. The number of rotatable bonds is 3. The van der Waals surface area contributed by atoms with Crippen LogP contribution < -0.4 is 15.6 Å². The van der Waals surface area contributed by atoms with Crippen LogP contribution in [0.25, 0.3) is 32.7 Å². The molecule has 8 N–H and O–H groups in total. The minimum Gasteiger partial charge on any atom is -0.504 e. The minimum absolute atomic E-state index is 0.336. The van der Waals surface area contributed by atoms with Gasteiger partial charge in [-0.1, -0.05) is 0 Å². The van der Waals surface area contributed by atoms with E-state index in [1.165, 1.54) is 0 Å². The van der Waals surface area contributed by atoms with Crippen LogP contribution >= 0.6 is 0 Å². The number of aromatic carboxylic acids is 1. The Morgan fingerprint density at radius 3 is 1.97 bits per heavy atom. The molecule has 0 bridgehead atoms. The van der Waals surface area contributed by atoms with E-state index in [0.29, 0.717) is 6.07 Å². The molecule has 2 heterocycles. The van der Waals surface area contributed by atoms with E-state index in [2.05, 4.69) is 0 Å². The van der Waals surface area contributed by atoms with Crippen LogP contribution in [0.4, 0.5) is 0 Å². The van der Waals surface area contributed by atoms with Crippen LogP contribution in [0, 0.1) is 0 Å². The largest absolute Gasteiger partial charge is 0.504 e. The van der Waals surface area contributed by atoms with Crippen LogP contribution in [0.1, 0.15) is 10.4 Å². The van der Waals surface area contributed by atoms with E-state index in [4.69, 9.17) is 13.6 Å². The molecule has 178 valence electrons. The molecule has 0 radical (unpaired) electrons. The van der Waals surface area contributed by atoms with Gasteiger partial charge in [0.05, 0.1) is 10.8 Å². The molecule has 5 aromatic rings. The van der Waals surface area contributed by atoms with E-state index in [-0.39, 0.29) is 10.8 Å². The Kier molecular flexibility index (Phi) is 4.10. The van der Waals surface area contributed by atoms with Crippen molar-refractivity contribution in [1.29, 1.82) is 0 Å². The Balaban J connectivity index is 1.99. The van der Waals surface area contributed by atoms with Gasteiger partial charge >= 0.3 is 5.97 Å². The van der Waals surface area contributed by atoms with Gasteiger partial charge in [-0.2, -0.15) is 0 Å². The van der Waals surface area contributed by atoms with E-state index in [1.54, 1.807) is 0 Å². The molecule has 5 rings (SSSR count). The van der Waals surface area contributed by atoms with Crippen molar-refractivity contribution in [1.82, 2.24) is 0 Å². The summed E-state index contributed by atoms with van der Waals surface area (Å²) < 4.78 is 15.4. The molecule has 3 aromatic carbocycles. The average molecular weight is 486 g/mol. The zero-order valence-electron chi connectivity index (χ0n) is 16.7. The zero-order chi connectivity index (χ0) is 25.5. The number of phenols is 5. The van der Waals surface area contributed by atoms with Gasteiger partial charge in [0.25, 0.3) is 22.8 Å². The standard InChI is InChI=1S/C21H10O14/c22-5-2-4(19(29)30)15(12(26)10(5)24)33-18-9-8-7-3(20(31)34-17(8)13(27)14(18)28)1-6(23)11(25)16(7)35-21(9)32/h1-2,22-24,26,28,31-32H,(H,29,30). The van der Waals surface area contributed by atoms with Crippen molar-refractivity contribution in [2.75, 3.05) is 0 Å². The number of carboxylic acid groups (broad SMARTS) is 1. The van der Waals surface area contributed by atoms with Gasteiger partial charge in [0, 0.05) is 11.5 Å². The molecule has 0 fully saturated rings. The highest BCUT2D eigenvalue weighted by molar-refractivity contribution is 6.23. The van der Waals surface area contributed by atoms with Crippen LogP contribution in [-0.4, -0.2) is 46.8 Å². The molecule has 0 saturated heterocycles. The third-order valence-electron chi connectivity index (χ3n) is 5.29. The molecule has 35 heavy (non-hydrogen) atoms. The topological polar surface area (TPSA) is 249 Å². The molecule has 2 aromatic heterocycles. The third-order valence-corrected chi connectivity index (χ3v) is 5.29. The van der Waals surface area contributed by atoms with Crippen LogP contribution in [0.2, 0.25) is 0 Å². The first-order valence-electron chi connectivity index (χ1n) is 9.28. The number of carboxylic acids is 1. The molecule has 0 aliphatic carbocycles. The second kappa shape index (κ2) is 6.74. The van der Waals surface area contributed by atoms with Crippen LogP contribution in [0.3, 0.4) is 0 Å². The molecule has 0 atom stereocenters. The molecule has 0 aliphatic heterocycles.